The molecule has 0 bridgehead atoms. The molecule has 0 heterocycles. The average Bonchev–Trinajstić information content (AvgIpc) is 2.53. The van der Waals surface area contributed by atoms with Gasteiger partial charge in [-0.1, -0.05) is 32.0 Å². The zero-order chi connectivity index (χ0) is 17.4. The molecule has 2 atom stereocenters. The Labute approximate surface area is 135 Å². The van der Waals surface area contributed by atoms with E-state index in [0.29, 0.717) is 12.0 Å². The standard InChI is InChI=1S/C16H23N3O4/c1-10(2)9-13(16(22)17-11(3)14(20)19-23)18-15(21)12-7-5-4-6-8-12/h4-8,10-11,13,23H,9H2,1-3H3,(H,17,22)(H,18,21)(H,19,20)/t11-,13-/m0/s1. The van der Waals surface area contributed by atoms with Crippen molar-refractivity contribution in [3.63, 3.8) is 0 Å². The van der Waals surface area contributed by atoms with Crippen LogP contribution >= 0.6 is 0 Å². The van der Waals surface area contributed by atoms with Gasteiger partial charge in [0.05, 0.1) is 0 Å². The second-order valence-electron chi connectivity index (χ2n) is 5.73. The van der Waals surface area contributed by atoms with Crippen LogP contribution < -0.4 is 16.1 Å². The van der Waals surface area contributed by atoms with E-state index in [4.69, 9.17) is 5.21 Å². The van der Waals surface area contributed by atoms with Crippen molar-refractivity contribution in [2.24, 2.45) is 5.92 Å². The van der Waals surface area contributed by atoms with Crippen LogP contribution in [0.5, 0.6) is 0 Å². The van der Waals surface area contributed by atoms with Crippen LogP contribution in [0, 0.1) is 5.92 Å². The lowest BCUT2D eigenvalue weighted by Gasteiger charge is -2.22. The molecule has 0 unspecified atom stereocenters. The van der Waals surface area contributed by atoms with Gasteiger partial charge < -0.3 is 10.6 Å². The number of rotatable bonds is 7. The smallest absolute Gasteiger partial charge is 0.265 e. The van der Waals surface area contributed by atoms with Crippen LogP contribution in [0.25, 0.3) is 0 Å². The largest absolute Gasteiger partial charge is 0.343 e. The molecule has 7 nitrogen and oxygen atoms in total. The summed E-state index contributed by atoms with van der Waals surface area (Å²) >= 11 is 0. The number of carbonyl (C=O) groups excluding carboxylic acids is 3. The van der Waals surface area contributed by atoms with Crippen LogP contribution in [0.15, 0.2) is 30.3 Å². The molecule has 0 aliphatic rings. The van der Waals surface area contributed by atoms with E-state index < -0.39 is 23.9 Å². The molecule has 0 fully saturated rings. The highest BCUT2D eigenvalue weighted by Crippen LogP contribution is 2.07. The van der Waals surface area contributed by atoms with Gasteiger partial charge in [-0.05, 0) is 31.4 Å². The first kappa shape index (κ1) is 18.6. The molecular formula is C16H23N3O4. The molecule has 1 rings (SSSR count). The highest BCUT2D eigenvalue weighted by Gasteiger charge is 2.25. The van der Waals surface area contributed by atoms with Crippen LogP contribution in [0.2, 0.25) is 0 Å². The number of benzene rings is 1. The number of hydrogen-bond acceptors (Lipinski definition) is 4. The summed E-state index contributed by atoms with van der Waals surface area (Å²) < 4.78 is 0. The van der Waals surface area contributed by atoms with Gasteiger partial charge in [0, 0.05) is 5.56 Å². The molecule has 0 saturated carbocycles. The third kappa shape index (κ3) is 6.07. The molecule has 3 amide bonds. The molecule has 1 aromatic rings. The van der Waals surface area contributed by atoms with Crippen LogP contribution in [-0.4, -0.2) is 35.0 Å². The van der Waals surface area contributed by atoms with E-state index in [-0.39, 0.29) is 11.8 Å². The van der Waals surface area contributed by atoms with Crippen LogP contribution in [0.1, 0.15) is 37.6 Å². The predicted octanol–water partition coefficient (Wildman–Crippen LogP) is 0.841. The summed E-state index contributed by atoms with van der Waals surface area (Å²) in [4.78, 5) is 35.8. The quantitative estimate of drug-likeness (QED) is 0.441. The third-order valence-electron chi connectivity index (χ3n) is 3.23. The van der Waals surface area contributed by atoms with Crippen LogP contribution in [0.4, 0.5) is 0 Å². The van der Waals surface area contributed by atoms with Gasteiger partial charge in [0.15, 0.2) is 0 Å². The van der Waals surface area contributed by atoms with E-state index in [1.54, 1.807) is 30.3 Å². The van der Waals surface area contributed by atoms with E-state index in [1.807, 2.05) is 13.8 Å². The minimum atomic E-state index is -0.907. The number of hydrogen-bond donors (Lipinski definition) is 4. The van der Waals surface area contributed by atoms with Crippen molar-refractivity contribution in [3.05, 3.63) is 35.9 Å². The molecule has 0 aliphatic carbocycles. The van der Waals surface area contributed by atoms with Gasteiger partial charge in [0.1, 0.15) is 12.1 Å². The van der Waals surface area contributed by atoms with E-state index in [9.17, 15) is 14.4 Å². The molecule has 4 N–H and O–H groups in total. The topological polar surface area (TPSA) is 108 Å². The van der Waals surface area contributed by atoms with E-state index in [0.717, 1.165) is 0 Å². The molecule has 7 heteroatoms. The Morgan fingerprint density at radius 1 is 1.00 bits per heavy atom. The van der Waals surface area contributed by atoms with Gasteiger partial charge >= 0.3 is 0 Å². The predicted molar refractivity (Wildman–Crippen MR) is 84.7 cm³/mol. The first-order valence-corrected chi connectivity index (χ1v) is 7.45. The maximum atomic E-state index is 12.3. The van der Waals surface area contributed by atoms with Crippen molar-refractivity contribution < 1.29 is 19.6 Å². The fourth-order valence-corrected chi connectivity index (χ4v) is 2.01. The molecule has 0 saturated heterocycles. The van der Waals surface area contributed by atoms with Gasteiger partial charge in [-0.25, -0.2) is 5.48 Å². The SMILES string of the molecule is CC(C)C[C@H](NC(=O)c1ccccc1)C(=O)N[C@@H](C)C(=O)NO. The molecule has 0 aliphatic heterocycles. The van der Waals surface area contributed by atoms with Gasteiger partial charge in [0.2, 0.25) is 5.91 Å². The van der Waals surface area contributed by atoms with Crippen molar-refractivity contribution in [2.45, 2.75) is 39.3 Å². The lowest BCUT2D eigenvalue weighted by Crippen LogP contribution is -2.52. The maximum absolute atomic E-state index is 12.3. The Balaban J connectivity index is 2.77. The molecule has 23 heavy (non-hydrogen) atoms. The highest BCUT2D eigenvalue weighted by molar-refractivity contribution is 5.98. The van der Waals surface area contributed by atoms with Crippen LogP contribution in [0.3, 0.4) is 0 Å². The summed E-state index contributed by atoms with van der Waals surface area (Å²) in [6.07, 6.45) is 0.428. The summed E-state index contributed by atoms with van der Waals surface area (Å²) in [5.74, 6) is -1.38. The Bertz CT molecular complexity index is 546. The van der Waals surface area contributed by atoms with Crippen molar-refractivity contribution in [1.82, 2.24) is 16.1 Å². The summed E-state index contributed by atoms with van der Waals surface area (Å²) in [6.45, 7) is 5.30. The van der Waals surface area contributed by atoms with Gasteiger partial charge in [-0.3, -0.25) is 19.6 Å². The maximum Gasteiger partial charge on any atom is 0.265 e. The summed E-state index contributed by atoms with van der Waals surface area (Å²) in [5.41, 5.74) is 1.93. The Kier molecular flexibility index (Phi) is 7.21. The zero-order valence-corrected chi connectivity index (χ0v) is 13.5. The third-order valence-corrected chi connectivity index (χ3v) is 3.23. The summed E-state index contributed by atoms with van der Waals surface area (Å²) in [7, 11) is 0. The molecular weight excluding hydrogens is 298 g/mol. The Morgan fingerprint density at radius 2 is 1.61 bits per heavy atom. The molecule has 0 spiro atoms. The van der Waals surface area contributed by atoms with Crippen LogP contribution in [-0.2, 0) is 9.59 Å². The highest BCUT2D eigenvalue weighted by atomic mass is 16.5. The first-order valence-electron chi connectivity index (χ1n) is 7.45. The van der Waals surface area contributed by atoms with Crippen molar-refractivity contribution >= 4 is 17.7 Å². The Morgan fingerprint density at radius 3 is 2.13 bits per heavy atom. The Hall–Kier alpha value is -2.41. The lowest BCUT2D eigenvalue weighted by molar-refractivity contribution is -0.134. The van der Waals surface area contributed by atoms with Gasteiger partial charge in [-0.2, -0.15) is 0 Å². The fourth-order valence-electron chi connectivity index (χ4n) is 2.01. The number of amides is 3. The van der Waals surface area contributed by atoms with Crippen molar-refractivity contribution in [3.8, 4) is 0 Å². The van der Waals surface area contributed by atoms with E-state index in [2.05, 4.69) is 10.6 Å². The monoisotopic (exact) mass is 321 g/mol. The molecule has 1 aromatic carbocycles. The van der Waals surface area contributed by atoms with E-state index >= 15 is 0 Å². The number of nitrogens with one attached hydrogen (secondary N) is 3. The molecule has 126 valence electrons. The number of carbonyl (C=O) groups is 3. The zero-order valence-electron chi connectivity index (χ0n) is 13.5. The second kappa shape index (κ2) is 8.89. The van der Waals surface area contributed by atoms with Crippen molar-refractivity contribution in [1.29, 1.82) is 0 Å². The minimum absolute atomic E-state index is 0.170. The fraction of sp³-hybridized carbons (Fsp3) is 0.438. The van der Waals surface area contributed by atoms with Crippen molar-refractivity contribution in [2.75, 3.05) is 0 Å². The molecule has 0 aromatic heterocycles. The normalized spacial score (nSPS) is 13.1. The lowest BCUT2D eigenvalue weighted by atomic mass is 10.0. The van der Waals surface area contributed by atoms with Gasteiger partial charge in [0.25, 0.3) is 11.8 Å². The summed E-state index contributed by atoms with van der Waals surface area (Å²) in [6, 6.07) is 6.90. The summed E-state index contributed by atoms with van der Waals surface area (Å²) in [5, 5.41) is 13.7. The average molecular weight is 321 g/mol. The molecule has 0 radical (unpaired) electrons. The van der Waals surface area contributed by atoms with E-state index in [1.165, 1.54) is 12.4 Å². The van der Waals surface area contributed by atoms with Gasteiger partial charge in [-0.15, -0.1) is 0 Å². The second-order valence-corrected chi connectivity index (χ2v) is 5.73. The minimum Gasteiger partial charge on any atom is -0.343 e. The first-order chi connectivity index (χ1) is 10.8. The number of hydroxylamine groups is 1.